The Hall–Kier alpha value is -1.72. The van der Waals surface area contributed by atoms with Crippen molar-refractivity contribution in [2.45, 2.75) is 6.92 Å². The Labute approximate surface area is 133 Å². The van der Waals surface area contributed by atoms with Crippen molar-refractivity contribution in [2.75, 3.05) is 25.0 Å². The maximum atomic E-state index is 12.2. The highest BCUT2D eigenvalue weighted by Gasteiger charge is 2.17. The van der Waals surface area contributed by atoms with Crippen LogP contribution in [-0.2, 0) is 9.53 Å². The van der Waals surface area contributed by atoms with Crippen molar-refractivity contribution in [3.63, 3.8) is 0 Å². The minimum atomic E-state index is -0.494. The van der Waals surface area contributed by atoms with Gasteiger partial charge in [0.05, 0.1) is 17.3 Å². The number of hydrogen-bond donors (Lipinski definition) is 1. The smallest absolute Gasteiger partial charge is 0.325 e. The summed E-state index contributed by atoms with van der Waals surface area (Å²) in [5, 5.41) is 3.39. The fraction of sp³-hybridized carbons (Fsp3) is 0.286. The quantitative estimate of drug-likeness (QED) is 0.640. The highest BCUT2D eigenvalue weighted by molar-refractivity contribution is 6.35. The number of nitrogens with zero attached hydrogens (tertiary/aromatic N) is 1. The number of urea groups is 1. The molecular formula is C14H16Cl2N2O3. The normalized spacial score (nSPS) is 9.86. The van der Waals surface area contributed by atoms with Crippen LogP contribution >= 0.6 is 23.2 Å². The molecule has 0 saturated heterocycles. The van der Waals surface area contributed by atoms with Gasteiger partial charge in [-0.1, -0.05) is 29.3 Å². The van der Waals surface area contributed by atoms with Gasteiger partial charge >= 0.3 is 12.0 Å². The average molecular weight is 331 g/mol. The van der Waals surface area contributed by atoms with Crippen LogP contribution in [0.4, 0.5) is 10.5 Å². The second-order valence-electron chi connectivity index (χ2n) is 4.03. The third kappa shape index (κ3) is 5.65. The molecule has 0 aliphatic rings. The van der Waals surface area contributed by atoms with Gasteiger partial charge < -0.3 is 15.0 Å². The maximum Gasteiger partial charge on any atom is 0.325 e. The number of carbonyl (C=O) groups excluding carboxylic acids is 2. The third-order valence-electron chi connectivity index (χ3n) is 2.43. The predicted octanol–water partition coefficient (Wildman–Crippen LogP) is 3.58. The monoisotopic (exact) mass is 330 g/mol. The van der Waals surface area contributed by atoms with E-state index in [0.29, 0.717) is 15.7 Å². The summed E-state index contributed by atoms with van der Waals surface area (Å²) in [5.41, 5.74) is 0.368. The molecule has 0 bridgehead atoms. The first-order chi connectivity index (χ1) is 9.97. The number of ether oxygens (including phenoxy) is 1. The number of nitrogens with one attached hydrogen (secondary N) is 1. The van der Waals surface area contributed by atoms with Crippen LogP contribution in [0.25, 0.3) is 0 Å². The zero-order valence-electron chi connectivity index (χ0n) is 11.6. The zero-order chi connectivity index (χ0) is 15.8. The number of anilines is 1. The minimum absolute atomic E-state index is 0.177. The number of carbonyl (C=O) groups is 2. The van der Waals surface area contributed by atoms with Gasteiger partial charge in [0.15, 0.2) is 0 Å². The van der Waals surface area contributed by atoms with Crippen LogP contribution in [0.1, 0.15) is 6.92 Å². The van der Waals surface area contributed by atoms with Crippen LogP contribution in [0.3, 0.4) is 0 Å². The predicted molar refractivity (Wildman–Crippen MR) is 83.9 cm³/mol. The van der Waals surface area contributed by atoms with E-state index in [1.165, 1.54) is 17.0 Å². The number of hydrogen-bond acceptors (Lipinski definition) is 3. The van der Waals surface area contributed by atoms with Crippen molar-refractivity contribution in [3.05, 3.63) is 40.9 Å². The Bertz CT molecular complexity index is 535. The highest BCUT2D eigenvalue weighted by atomic mass is 35.5. The van der Waals surface area contributed by atoms with Gasteiger partial charge in [-0.25, -0.2) is 4.79 Å². The fourth-order valence-electron chi connectivity index (χ4n) is 1.53. The molecule has 1 N–H and O–H groups in total. The highest BCUT2D eigenvalue weighted by Crippen LogP contribution is 2.25. The molecule has 0 aliphatic carbocycles. The van der Waals surface area contributed by atoms with Crippen LogP contribution < -0.4 is 5.32 Å². The second kappa shape index (κ2) is 8.54. The molecule has 0 heterocycles. The van der Waals surface area contributed by atoms with Crippen molar-refractivity contribution in [2.24, 2.45) is 0 Å². The van der Waals surface area contributed by atoms with Crippen LogP contribution in [0, 0.1) is 0 Å². The summed E-state index contributed by atoms with van der Waals surface area (Å²) >= 11 is 11.8. The van der Waals surface area contributed by atoms with Gasteiger partial charge in [0.25, 0.3) is 0 Å². The largest absolute Gasteiger partial charge is 0.465 e. The molecule has 2 amide bonds. The van der Waals surface area contributed by atoms with E-state index < -0.39 is 12.0 Å². The third-order valence-corrected chi connectivity index (χ3v) is 3.00. The first kappa shape index (κ1) is 17.3. The summed E-state index contributed by atoms with van der Waals surface area (Å²) in [6.07, 6.45) is 1.51. The molecular weight excluding hydrogens is 315 g/mol. The summed E-state index contributed by atoms with van der Waals surface area (Å²) in [6, 6.07) is 4.22. The number of esters is 1. The average Bonchev–Trinajstić information content (AvgIpc) is 2.42. The van der Waals surface area contributed by atoms with Crippen molar-refractivity contribution in [1.29, 1.82) is 0 Å². The lowest BCUT2D eigenvalue weighted by atomic mass is 10.3. The van der Waals surface area contributed by atoms with E-state index in [1.807, 2.05) is 0 Å². The van der Waals surface area contributed by atoms with E-state index in [-0.39, 0.29) is 19.7 Å². The summed E-state index contributed by atoms with van der Waals surface area (Å²) in [4.78, 5) is 24.9. The van der Waals surface area contributed by atoms with E-state index in [1.54, 1.807) is 19.1 Å². The number of halogens is 2. The van der Waals surface area contributed by atoms with Gasteiger partial charge in [-0.15, -0.1) is 6.58 Å². The molecule has 21 heavy (non-hydrogen) atoms. The topological polar surface area (TPSA) is 58.6 Å². The Morgan fingerprint density at radius 3 is 2.76 bits per heavy atom. The SMILES string of the molecule is C=CCN(CC(=O)OCC)C(=O)Nc1cc(Cl)ccc1Cl. The van der Waals surface area contributed by atoms with Crippen LogP contribution in [0.2, 0.25) is 10.0 Å². The first-order valence-corrected chi connectivity index (χ1v) is 7.01. The van der Waals surface area contributed by atoms with Gasteiger partial charge in [0.1, 0.15) is 6.54 Å². The van der Waals surface area contributed by atoms with E-state index in [2.05, 4.69) is 11.9 Å². The Morgan fingerprint density at radius 1 is 1.43 bits per heavy atom. The molecule has 0 unspecified atom stereocenters. The fourth-order valence-corrected chi connectivity index (χ4v) is 1.86. The zero-order valence-corrected chi connectivity index (χ0v) is 13.1. The van der Waals surface area contributed by atoms with Crippen LogP contribution in [-0.4, -0.2) is 36.6 Å². The maximum absolute atomic E-state index is 12.2. The standard InChI is InChI=1S/C14H16Cl2N2O3/c1-3-7-18(9-13(19)21-4-2)14(20)17-12-8-10(15)5-6-11(12)16/h3,5-6,8H,1,4,7,9H2,2H3,(H,17,20). The van der Waals surface area contributed by atoms with Gasteiger partial charge in [-0.3, -0.25) is 4.79 Å². The number of benzene rings is 1. The molecule has 0 aliphatic heterocycles. The molecule has 1 aromatic rings. The van der Waals surface area contributed by atoms with E-state index in [0.717, 1.165) is 0 Å². The van der Waals surface area contributed by atoms with Gasteiger partial charge in [0, 0.05) is 11.6 Å². The van der Waals surface area contributed by atoms with Gasteiger partial charge in [0.2, 0.25) is 0 Å². The summed E-state index contributed by atoms with van der Waals surface area (Å²) in [7, 11) is 0. The molecule has 0 fully saturated rings. The lowest BCUT2D eigenvalue weighted by Gasteiger charge is -2.21. The molecule has 0 radical (unpaired) electrons. The molecule has 0 spiro atoms. The Kier molecular flexibility index (Phi) is 7.05. The summed E-state index contributed by atoms with van der Waals surface area (Å²) < 4.78 is 4.82. The second-order valence-corrected chi connectivity index (χ2v) is 4.87. The number of rotatable bonds is 6. The molecule has 114 valence electrons. The molecule has 0 atom stereocenters. The van der Waals surface area contributed by atoms with E-state index in [4.69, 9.17) is 27.9 Å². The molecule has 0 aromatic heterocycles. The summed E-state index contributed by atoms with van der Waals surface area (Å²) in [6.45, 7) is 5.52. The van der Waals surface area contributed by atoms with Crippen LogP contribution in [0.5, 0.6) is 0 Å². The van der Waals surface area contributed by atoms with Crippen molar-refractivity contribution in [1.82, 2.24) is 4.90 Å². The lowest BCUT2D eigenvalue weighted by Crippen LogP contribution is -2.39. The lowest BCUT2D eigenvalue weighted by molar-refractivity contribution is -0.143. The van der Waals surface area contributed by atoms with Gasteiger partial charge in [-0.2, -0.15) is 0 Å². The summed E-state index contributed by atoms with van der Waals surface area (Å²) in [5.74, 6) is -0.494. The Balaban J connectivity index is 2.78. The number of amides is 2. The first-order valence-electron chi connectivity index (χ1n) is 6.25. The van der Waals surface area contributed by atoms with Crippen molar-refractivity contribution < 1.29 is 14.3 Å². The molecule has 0 saturated carbocycles. The van der Waals surface area contributed by atoms with Crippen molar-refractivity contribution >= 4 is 40.9 Å². The minimum Gasteiger partial charge on any atom is -0.465 e. The van der Waals surface area contributed by atoms with Crippen molar-refractivity contribution in [3.8, 4) is 0 Å². The Morgan fingerprint density at radius 2 is 2.14 bits per heavy atom. The van der Waals surface area contributed by atoms with E-state index in [9.17, 15) is 9.59 Å². The van der Waals surface area contributed by atoms with E-state index >= 15 is 0 Å². The van der Waals surface area contributed by atoms with Crippen LogP contribution in [0.15, 0.2) is 30.9 Å². The molecule has 5 nitrogen and oxygen atoms in total. The van der Waals surface area contributed by atoms with Gasteiger partial charge in [-0.05, 0) is 25.1 Å². The molecule has 1 aromatic carbocycles. The molecule has 7 heteroatoms. The molecule has 1 rings (SSSR count).